The van der Waals surface area contributed by atoms with E-state index in [-0.39, 0.29) is 5.88 Å². The van der Waals surface area contributed by atoms with Crippen LogP contribution in [0, 0.1) is 0 Å². The number of carbonyl (C=O) groups is 1. The Bertz CT molecular complexity index is 473. The molecule has 0 aliphatic heterocycles. The molecule has 0 bridgehead atoms. The monoisotopic (exact) mass is 220 g/mol. The van der Waals surface area contributed by atoms with Crippen molar-refractivity contribution in [3.8, 4) is 5.88 Å². The second-order valence-corrected chi connectivity index (χ2v) is 2.63. The largest absolute Gasteiger partial charge is 0.481 e. The fourth-order valence-electron chi connectivity index (χ4n) is 1.01. The van der Waals surface area contributed by atoms with Gasteiger partial charge in [-0.05, 0) is 23.7 Å². The molecule has 0 atom stereocenters. The lowest BCUT2D eigenvalue weighted by atomic mass is 10.2. The highest BCUT2D eigenvalue weighted by atomic mass is 16.5. The number of carboxylic acids is 1. The summed E-state index contributed by atoms with van der Waals surface area (Å²) in [6.07, 6.45) is 2.69. The van der Waals surface area contributed by atoms with E-state index in [0.29, 0.717) is 5.56 Å². The lowest BCUT2D eigenvalue weighted by Crippen LogP contribution is -1.98. The van der Waals surface area contributed by atoms with Gasteiger partial charge in [-0.2, -0.15) is 0 Å². The molecule has 16 heavy (non-hydrogen) atoms. The third-order valence-corrected chi connectivity index (χ3v) is 1.66. The fraction of sp³-hybridized carbons (Fsp3) is 0.111. The van der Waals surface area contributed by atoms with Crippen molar-refractivity contribution < 1.29 is 14.6 Å². The smallest absolute Gasteiger partial charge is 0.338 e. The molecule has 0 aliphatic carbocycles. The van der Waals surface area contributed by atoms with Crippen molar-refractivity contribution >= 4 is 12.0 Å². The fourth-order valence-corrected chi connectivity index (χ4v) is 1.01. The first-order valence-corrected chi connectivity index (χ1v) is 4.18. The van der Waals surface area contributed by atoms with Gasteiger partial charge in [-0.15, -0.1) is 0 Å². The summed E-state index contributed by atoms with van der Waals surface area (Å²) < 4.78 is 4.92. The van der Waals surface area contributed by atoms with Gasteiger partial charge in [0.05, 0.1) is 7.11 Å². The number of rotatable bonds is 4. The topological polar surface area (TPSA) is 108 Å². The molecule has 0 unspecified atom stereocenters. The van der Waals surface area contributed by atoms with Gasteiger partial charge in [0.2, 0.25) is 5.88 Å². The lowest BCUT2D eigenvalue weighted by molar-refractivity contribution is -0.132. The SMILES string of the molecule is COc1ncccc1C=C(N=[N+]=[N-])C(=O)O. The Kier molecular flexibility index (Phi) is 3.88. The van der Waals surface area contributed by atoms with Gasteiger partial charge in [0.25, 0.3) is 0 Å². The van der Waals surface area contributed by atoms with Crippen molar-refractivity contribution in [2.45, 2.75) is 0 Å². The van der Waals surface area contributed by atoms with Gasteiger partial charge in [0, 0.05) is 16.7 Å². The Labute approximate surface area is 90.6 Å². The maximum Gasteiger partial charge on any atom is 0.338 e. The summed E-state index contributed by atoms with van der Waals surface area (Å²) in [6.45, 7) is 0. The zero-order chi connectivity index (χ0) is 12.0. The molecule has 0 saturated heterocycles. The van der Waals surface area contributed by atoms with E-state index in [2.05, 4.69) is 15.0 Å². The van der Waals surface area contributed by atoms with Crippen LogP contribution in [0.3, 0.4) is 0 Å². The molecule has 0 amide bonds. The second kappa shape index (κ2) is 5.38. The summed E-state index contributed by atoms with van der Waals surface area (Å²) in [6, 6.07) is 3.21. The van der Waals surface area contributed by atoms with E-state index in [1.165, 1.54) is 19.4 Å². The molecule has 7 nitrogen and oxygen atoms in total. The maximum atomic E-state index is 10.7. The first kappa shape index (κ1) is 11.5. The van der Waals surface area contributed by atoms with Gasteiger partial charge in [0.15, 0.2) is 0 Å². The highest BCUT2D eigenvalue weighted by molar-refractivity contribution is 5.92. The molecule has 0 aromatic carbocycles. The van der Waals surface area contributed by atoms with Gasteiger partial charge in [-0.25, -0.2) is 9.78 Å². The van der Waals surface area contributed by atoms with Gasteiger partial charge in [-0.3, -0.25) is 0 Å². The first-order valence-electron chi connectivity index (χ1n) is 4.18. The van der Waals surface area contributed by atoms with Crippen LogP contribution in [0.2, 0.25) is 0 Å². The molecule has 1 aromatic heterocycles. The minimum Gasteiger partial charge on any atom is -0.481 e. The number of hydrogen-bond acceptors (Lipinski definition) is 4. The van der Waals surface area contributed by atoms with Crippen molar-refractivity contribution in [2.24, 2.45) is 5.11 Å². The van der Waals surface area contributed by atoms with Crippen molar-refractivity contribution in [1.29, 1.82) is 0 Å². The molecule has 82 valence electrons. The number of nitrogens with zero attached hydrogens (tertiary/aromatic N) is 4. The molecule has 0 aliphatic rings. The van der Waals surface area contributed by atoms with Gasteiger partial charge in [-0.1, -0.05) is 5.11 Å². The summed E-state index contributed by atoms with van der Waals surface area (Å²) in [5, 5.41) is 11.8. The van der Waals surface area contributed by atoms with Crippen molar-refractivity contribution in [1.82, 2.24) is 4.98 Å². The molecule has 1 aromatic rings. The average Bonchev–Trinajstić information content (AvgIpc) is 2.29. The predicted molar refractivity (Wildman–Crippen MR) is 55.5 cm³/mol. The van der Waals surface area contributed by atoms with Gasteiger partial charge >= 0.3 is 5.97 Å². The number of azide groups is 1. The highest BCUT2D eigenvalue weighted by Crippen LogP contribution is 2.17. The Morgan fingerprint density at radius 2 is 2.50 bits per heavy atom. The number of hydrogen-bond donors (Lipinski definition) is 1. The van der Waals surface area contributed by atoms with Crippen molar-refractivity contribution in [3.05, 3.63) is 40.0 Å². The Balaban J connectivity index is 3.22. The van der Waals surface area contributed by atoms with Crippen LogP contribution in [0.25, 0.3) is 16.5 Å². The van der Waals surface area contributed by atoms with Crippen LogP contribution in [0.5, 0.6) is 5.88 Å². The van der Waals surface area contributed by atoms with E-state index in [1.54, 1.807) is 12.1 Å². The minimum absolute atomic E-state index is 0.259. The standard InChI is InChI=1S/C9H8N4O3/c1-16-8-6(3-2-4-11-8)5-7(9(14)15)12-13-10/h2-5H,1H3,(H,14,15). The third kappa shape index (κ3) is 2.73. The molecule has 0 radical (unpaired) electrons. The van der Waals surface area contributed by atoms with Crippen LogP contribution >= 0.6 is 0 Å². The summed E-state index contributed by atoms with van der Waals surface area (Å²) in [7, 11) is 1.41. The minimum atomic E-state index is -1.32. The van der Waals surface area contributed by atoms with Crippen LogP contribution in [-0.2, 0) is 4.79 Å². The summed E-state index contributed by atoms with van der Waals surface area (Å²) in [4.78, 5) is 17.0. The molecule has 0 spiro atoms. The van der Waals surface area contributed by atoms with Crippen LogP contribution in [-0.4, -0.2) is 23.2 Å². The first-order chi connectivity index (χ1) is 7.69. The maximum absolute atomic E-state index is 10.7. The Morgan fingerprint density at radius 3 is 3.06 bits per heavy atom. The molecule has 1 rings (SSSR count). The molecular weight excluding hydrogens is 212 g/mol. The second-order valence-electron chi connectivity index (χ2n) is 2.63. The van der Waals surface area contributed by atoms with E-state index in [9.17, 15) is 4.79 Å². The molecule has 1 heterocycles. The number of aliphatic carboxylic acids is 1. The van der Waals surface area contributed by atoms with Crippen LogP contribution in [0.15, 0.2) is 29.1 Å². The summed E-state index contributed by atoms with van der Waals surface area (Å²) in [5.41, 5.74) is 8.20. The zero-order valence-corrected chi connectivity index (χ0v) is 8.36. The molecule has 1 N–H and O–H groups in total. The van der Waals surface area contributed by atoms with Crippen LogP contribution in [0.4, 0.5) is 0 Å². The molecule has 7 heteroatoms. The van der Waals surface area contributed by atoms with Gasteiger partial charge < -0.3 is 9.84 Å². The quantitative estimate of drug-likeness (QED) is 0.361. The van der Waals surface area contributed by atoms with Crippen LogP contribution in [0.1, 0.15) is 5.56 Å². The van der Waals surface area contributed by atoms with Crippen LogP contribution < -0.4 is 4.74 Å². The van der Waals surface area contributed by atoms with Crippen molar-refractivity contribution in [2.75, 3.05) is 7.11 Å². The Morgan fingerprint density at radius 1 is 1.75 bits per heavy atom. The number of carboxylic acid groups (broad SMARTS) is 1. The average molecular weight is 220 g/mol. The molecule has 0 saturated carbocycles. The lowest BCUT2D eigenvalue weighted by Gasteiger charge is -2.02. The van der Waals surface area contributed by atoms with Gasteiger partial charge in [0.1, 0.15) is 5.70 Å². The third-order valence-electron chi connectivity index (χ3n) is 1.66. The van der Waals surface area contributed by atoms with E-state index in [4.69, 9.17) is 15.4 Å². The molecule has 0 fully saturated rings. The van der Waals surface area contributed by atoms with E-state index in [1.807, 2.05) is 0 Å². The normalized spacial score (nSPS) is 10.4. The number of methoxy groups -OCH3 is 1. The Hall–Kier alpha value is -2.53. The summed E-state index contributed by atoms with van der Waals surface area (Å²) >= 11 is 0. The number of pyridine rings is 1. The molecular formula is C9H8N4O3. The van der Waals surface area contributed by atoms with E-state index < -0.39 is 11.7 Å². The number of aromatic nitrogens is 1. The highest BCUT2D eigenvalue weighted by Gasteiger charge is 2.07. The summed E-state index contributed by atoms with van der Waals surface area (Å²) in [5.74, 6) is -1.06. The predicted octanol–water partition coefficient (Wildman–Crippen LogP) is 1.83. The zero-order valence-electron chi connectivity index (χ0n) is 8.36. The van der Waals surface area contributed by atoms with E-state index in [0.717, 1.165) is 0 Å². The van der Waals surface area contributed by atoms with E-state index >= 15 is 0 Å². The van der Waals surface area contributed by atoms with Crippen molar-refractivity contribution in [3.63, 3.8) is 0 Å². The number of ether oxygens (including phenoxy) is 1.